The second-order valence-electron chi connectivity index (χ2n) is 4.60. The summed E-state index contributed by atoms with van der Waals surface area (Å²) < 4.78 is 0. The quantitative estimate of drug-likeness (QED) is 0.706. The van der Waals surface area contributed by atoms with Crippen LogP contribution in [-0.2, 0) is 4.79 Å². The molecule has 0 aromatic carbocycles. The molecule has 3 nitrogen and oxygen atoms in total. The maximum Gasteiger partial charge on any atom is 0.320 e. The van der Waals surface area contributed by atoms with E-state index in [1.165, 1.54) is 0 Å². The molecule has 0 aromatic heterocycles. The van der Waals surface area contributed by atoms with Gasteiger partial charge in [-0.1, -0.05) is 20.3 Å². The fraction of sp³-hybridized carbons (Fsp3) is 0.900. The summed E-state index contributed by atoms with van der Waals surface area (Å²) in [6.07, 6.45) is 0.875. The summed E-state index contributed by atoms with van der Waals surface area (Å²) in [6, 6.07) is -0.440. The minimum absolute atomic E-state index is 0.146. The average Bonchev–Trinajstić information content (AvgIpc) is 1.96. The molecule has 0 saturated carbocycles. The fourth-order valence-corrected chi connectivity index (χ4v) is 1.15. The zero-order valence-electron chi connectivity index (χ0n) is 9.22. The third-order valence-corrected chi connectivity index (χ3v) is 2.07. The second-order valence-corrected chi connectivity index (χ2v) is 4.60. The third kappa shape index (κ3) is 4.88. The van der Waals surface area contributed by atoms with E-state index in [1.54, 1.807) is 0 Å². The van der Waals surface area contributed by atoms with Crippen molar-refractivity contribution in [2.75, 3.05) is 0 Å². The van der Waals surface area contributed by atoms with E-state index in [9.17, 15) is 4.79 Å². The third-order valence-electron chi connectivity index (χ3n) is 2.07. The van der Waals surface area contributed by atoms with E-state index >= 15 is 0 Å². The number of carboxylic acid groups (broad SMARTS) is 1. The first kappa shape index (κ1) is 12.4. The van der Waals surface area contributed by atoms with E-state index in [1.807, 2.05) is 34.6 Å². The van der Waals surface area contributed by atoms with Crippen LogP contribution in [0.15, 0.2) is 0 Å². The van der Waals surface area contributed by atoms with Gasteiger partial charge in [-0.15, -0.1) is 0 Å². The number of nitrogens with one attached hydrogen (secondary N) is 1. The Labute approximate surface area is 80.5 Å². The first-order chi connectivity index (χ1) is 5.78. The molecular weight excluding hydrogens is 166 g/mol. The highest BCUT2D eigenvalue weighted by Gasteiger charge is 2.27. The molecule has 0 aromatic rings. The Bertz CT molecular complexity index is 172. The van der Waals surface area contributed by atoms with Crippen molar-refractivity contribution in [3.63, 3.8) is 0 Å². The molecule has 13 heavy (non-hydrogen) atoms. The van der Waals surface area contributed by atoms with E-state index in [2.05, 4.69) is 5.32 Å². The topological polar surface area (TPSA) is 49.3 Å². The zero-order chi connectivity index (χ0) is 10.6. The molecule has 0 amide bonds. The van der Waals surface area contributed by atoms with Gasteiger partial charge < -0.3 is 5.11 Å². The van der Waals surface area contributed by atoms with Crippen molar-refractivity contribution in [1.82, 2.24) is 5.32 Å². The summed E-state index contributed by atoms with van der Waals surface area (Å²) in [5.41, 5.74) is -0.146. The Kier molecular flexibility index (Phi) is 4.40. The van der Waals surface area contributed by atoms with Gasteiger partial charge in [-0.3, -0.25) is 10.1 Å². The summed E-state index contributed by atoms with van der Waals surface area (Å²) in [7, 11) is 0. The van der Waals surface area contributed by atoms with E-state index in [4.69, 9.17) is 5.11 Å². The monoisotopic (exact) mass is 187 g/mol. The van der Waals surface area contributed by atoms with Crippen molar-refractivity contribution >= 4 is 5.97 Å². The Hall–Kier alpha value is -0.570. The normalized spacial score (nSPS) is 16.7. The number of rotatable bonds is 4. The van der Waals surface area contributed by atoms with Crippen LogP contribution < -0.4 is 5.32 Å². The Morgan fingerprint density at radius 3 is 2.15 bits per heavy atom. The van der Waals surface area contributed by atoms with Crippen molar-refractivity contribution < 1.29 is 9.90 Å². The van der Waals surface area contributed by atoms with Crippen LogP contribution in [0.25, 0.3) is 0 Å². The highest BCUT2D eigenvalue weighted by atomic mass is 16.4. The highest BCUT2D eigenvalue weighted by molar-refractivity contribution is 5.73. The van der Waals surface area contributed by atoms with Crippen molar-refractivity contribution in [1.29, 1.82) is 0 Å². The number of hydrogen-bond donors (Lipinski definition) is 2. The minimum atomic E-state index is -0.760. The van der Waals surface area contributed by atoms with Gasteiger partial charge in [0.1, 0.15) is 6.04 Å². The predicted molar refractivity (Wildman–Crippen MR) is 53.8 cm³/mol. The first-order valence-corrected chi connectivity index (χ1v) is 4.78. The van der Waals surface area contributed by atoms with Crippen molar-refractivity contribution in [2.24, 2.45) is 5.92 Å². The van der Waals surface area contributed by atoms with Crippen LogP contribution in [0.1, 0.15) is 41.0 Å². The molecule has 3 heteroatoms. The molecule has 0 fully saturated rings. The molecule has 78 valence electrons. The summed E-state index contributed by atoms with van der Waals surface area (Å²) in [6.45, 7) is 9.89. The lowest BCUT2D eigenvalue weighted by Gasteiger charge is -2.29. The van der Waals surface area contributed by atoms with Gasteiger partial charge in [0.15, 0.2) is 0 Å². The molecule has 0 radical (unpaired) electrons. The highest BCUT2D eigenvalue weighted by Crippen LogP contribution is 2.12. The van der Waals surface area contributed by atoms with Crippen molar-refractivity contribution in [3.8, 4) is 0 Å². The summed E-state index contributed by atoms with van der Waals surface area (Å²) in [4.78, 5) is 10.9. The molecule has 0 bridgehead atoms. The van der Waals surface area contributed by atoms with Gasteiger partial charge in [0.05, 0.1) is 0 Å². The van der Waals surface area contributed by atoms with Crippen molar-refractivity contribution in [2.45, 2.75) is 52.6 Å². The molecule has 0 saturated heterocycles. The lowest BCUT2D eigenvalue weighted by Crippen LogP contribution is -2.50. The van der Waals surface area contributed by atoms with Gasteiger partial charge in [-0.05, 0) is 26.7 Å². The predicted octanol–water partition coefficient (Wildman–Crippen LogP) is 1.87. The molecule has 0 aliphatic rings. The molecule has 0 spiro atoms. The zero-order valence-corrected chi connectivity index (χ0v) is 9.22. The summed E-state index contributed by atoms with van der Waals surface area (Å²) in [5, 5.41) is 12.1. The average molecular weight is 187 g/mol. The van der Waals surface area contributed by atoms with Gasteiger partial charge in [0, 0.05) is 5.54 Å². The Morgan fingerprint density at radius 2 is 1.92 bits per heavy atom. The van der Waals surface area contributed by atoms with Crippen LogP contribution in [0.3, 0.4) is 0 Å². The van der Waals surface area contributed by atoms with Crippen LogP contribution in [0.2, 0.25) is 0 Å². The summed E-state index contributed by atoms with van der Waals surface area (Å²) >= 11 is 0. The number of carbonyl (C=O) groups is 1. The molecular formula is C10H21NO2. The van der Waals surface area contributed by atoms with Gasteiger partial charge in [-0.2, -0.15) is 0 Å². The van der Waals surface area contributed by atoms with Gasteiger partial charge in [0.2, 0.25) is 0 Å². The van der Waals surface area contributed by atoms with Gasteiger partial charge in [-0.25, -0.2) is 0 Å². The second kappa shape index (κ2) is 4.61. The number of carboxylic acids is 1. The van der Waals surface area contributed by atoms with Crippen LogP contribution in [0, 0.1) is 5.92 Å². The first-order valence-electron chi connectivity index (χ1n) is 4.78. The largest absolute Gasteiger partial charge is 0.480 e. The standard InChI is InChI=1S/C10H21NO2/c1-6-7(2)8(9(12)13)11-10(3,4)5/h7-8,11H,6H2,1-5H3,(H,12,13)/t7-,8-/m0/s1. The molecule has 0 heterocycles. The molecule has 0 unspecified atom stereocenters. The Morgan fingerprint density at radius 1 is 1.46 bits per heavy atom. The molecule has 0 aliphatic heterocycles. The summed E-state index contributed by atoms with van der Waals surface area (Å²) in [5.74, 6) is -0.596. The SMILES string of the molecule is CC[C@H](C)[C@H](NC(C)(C)C)C(=O)O. The van der Waals surface area contributed by atoms with Gasteiger partial charge in [0.25, 0.3) is 0 Å². The lowest BCUT2D eigenvalue weighted by atomic mass is 9.96. The van der Waals surface area contributed by atoms with E-state index < -0.39 is 12.0 Å². The van der Waals surface area contributed by atoms with Crippen LogP contribution in [0.4, 0.5) is 0 Å². The molecule has 2 N–H and O–H groups in total. The maximum absolute atomic E-state index is 10.9. The fourth-order valence-electron chi connectivity index (χ4n) is 1.15. The lowest BCUT2D eigenvalue weighted by molar-refractivity contribution is -0.141. The van der Waals surface area contributed by atoms with E-state index in [-0.39, 0.29) is 11.5 Å². The number of hydrogen-bond acceptors (Lipinski definition) is 2. The van der Waals surface area contributed by atoms with Gasteiger partial charge >= 0.3 is 5.97 Å². The van der Waals surface area contributed by atoms with Crippen LogP contribution in [0.5, 0.6) is 0 Å². The van der Waals surface area contributed by atoms with Crippen LogP contribution in [-0.4, -0.2) is 22.7 Å². The minimum Gasteiger partial charge on any atom is -0.480 e. The van der Waals surface area contributed by atoms with E-state index in [0.717, 1.165) is 6.42 Å². The number of aliphatic carboxylic acids is 1. The molecule has 0 rings (SSSR count). The van der Waals surface area contributed by atoms with E-state index in [0.29, 0.717) is 0 Å². The van der Waals surface area contributed by atoms with Crippen LogP contribution >= 0.6 is 0 Å². The molecule has 2 atom stereocenters. The molecule has 0 aliphatic carbocycles. The Balaban J connectivity index is 4.36. The van der Waals surface area contributed by atoms with Crippen molar-refractivity contribution in [3.05, 3.63) is 0 Å². The maximum atomic E-state index is 10.9. The smallest absolute Gasteiger partial charge is 0.320 e.